The first kappa shape index (κ1) is 17.8. The van der Waals surface area contributed by atoms with E-state index < -0.39 is 9.84 Å². The molecule has 7 heteroatoms. The summed E-state index contributed by atoms with van der Waals surface area (Å²) in [6.45, 7) is 4.98. The second-order valence-corrected chi connectivity index (χ2v) is 9.80. The van der Waals surface area contributed by atoms with Gasteiger partial charge >= 0.3 is 0 Å². The summed E-state index contributed by atoms with van der Waals surface area (Å²) in [5, 5.41) is 0.911. The molecule has 2 unspecified atom stereocenters. The van der Waals surface area contributed by atoms with E-state index in [2.05, 4.69) is 43.0 Å². The third kappa shape index (κ3) is 3.63. The molecule has 0 N–H and O–H groups in total. The van der Waals surface area contributed by atoms with Crippen molar-refractivity contribution in [3.63, 3.8) is 0 Å². The van der Waals surface area contributed by atoms with E-state index in [9.17, 15) is 8.42 Å². The monoisotopic (exact) mass is 368 g/mol. The zero-order valence-electron chi connectivity index (χ0n) is 14.3. The number of sulfone groups is 1. The first-order chi connectivity index (χ1) is 11.4. The summed E-state index contributed by atoms with van der Waals surface area (Å²) in [5.74, 6) is 1.62. The molecule has 24 heavy (non-hydrogen) atoms. The van der Waals surface area contributed by atoms with Crippen molar-refractivity contribution >= 4 is 32.5 Å². The zero-order chi connectivity index (χ0) is 17.3. The molecule has 5 nitrogen and oxygen atoms in total. The Bertz CT molecular complexity index is 714. The SMILES string of the molecule is COCCSC1=NC2CS(=O)(=O)CC2N1c1ccc(C(C)C)cc1. The lowest BCUT2D eigenvalue weighted by molar-refractivity contribution is 0.219. The molecule has 0 saturated carbocycles. The van der Waals surface area contributed by atoms with E-state index in [0.29, 0.717) is 12.5 Å². The van der Waals surface area contributed by atoms with Gasteiger partial charge in [-0.25, -0.2) is 8.42 Å². The second kappa shape index (κ2) is 7.06. The van der Waals surface area contributed by atoms with Gasteiger partial charge in [0.2, 0.25) is 0 Å². The van der Waals surface area contributed by atoms with E-state index in [1.807, 2.05) is 0 Å². The minimum atomic E-state index is -3.00. The van der Waals surface area contributed by atoms with E-state index in [1.165, 1.54) is 5.56 Å². The van der Waals surface area contributed by atoms with Crippen LogP contribution in [0.2, 0.25) is 0 Å². The van der Waals surface area contributed by atoms with Gasteiger partial charge in [-0.1, -0.05) is 37.7 Å². The van der Waals surface area contributed by atoms with Crippen molar-refractivity contribution in [1.29, 1.82) is 0 Å². The molecule has 3 rings (SSSR count). The number of amidine groups is 1. The summed E-state index contributed by atoms with van der Waals surface area (Å²) in [6, 6.07) is 8.17. The van der Waals surface area contributed by atoms with Crippen LogP contribution in [-0.4, -0.2) is 56.6 Å². The Morgan fingerprint density at radius 2 is 2.00 bits per heavy atom. The number of fused-ring (bicyclic) bond motifs is 1. The molecule has 1 aromatic rings. The smallest absolute Gasteiger partial charge is 0.164 e. The van der Waals surface area contributed by atoms with Gasteiger partial charge in [-0.2, -0.15) is 0 Å². The molecule has 2 aliphatic heterocycles. The molecular formula is C17H24N2O3S2. The summed E-state index contributed by atoms with van der Waals surface area (Å²) < 4.78 is 29.1. The van der Waals surface area contributed by atoms with Gasteiger partial charge in [-0.15, -0.1) is 0 Å². The number of thioether (sulfide) groups is 1. The molecule has 1 saturated heterocycles. The fourth-order valence-corrected chi connectivity index (χ4v) is 6.04. The Balaban J connectivity index is 1.87. The predicted molar refractivity (Wildman–Crippen MR) is 101 cm³/mol. The average Bonchev–Trinajstić information content (AvgIpc) is 2.98. The minimum absolute atomic E-state index is 0.0788. The first-order valence-corrected chi connectivity index (χ1v) is 11.0. The third-order valence-corrected chi connectivity index (χ3v) is 7.09. The summed E-state index contributed by atoms with van der Waals surface area (Å²) in [6.07, 6.45) is 0. The number of aliphatic imine (C=N–C) groups is 1. The van der Waals surface area contributed by atoms with Gasteiger partial charge in [0.1, 0.15) is 0 Å². The fraction of sp³-hybridized carbons (Fsp3) is 0.588. The van der Waals surface area contributed by atoms with Gasteiger partial charge in [0.15, 0.2) is 15.0 Å². The number of methoxy groups -OCH3 is 1. The highest BCUT2D eigenvalue weighted by atomic mass is 32.2. The molecule has 2 aliphatic rings. The normalized spacial score (nSPS) is 25.2. The topological polar surface area (TPSA) is 59.0 Å². The maximum Gasteiger partial charge on any atom is 0.164 e. The summed E-state index contributed by atoms with van der Waals surface area (Å²) in [5.41, 5.74) is 2.30. The summed E-state index contributed by atoms with van der Waals surface area (Å²) in [7, 11) is -1.32. The second-order valence-electron chi connectivity index (χ2n) is 6.58. The highest BCUT2D eigenvalue weighted by Gasteiger charge is 2.47. The zero-order valence-corrected chi connectivity index (χ0v) is 15.9. The van der Waals surface area contributed by atoms with Crippen LogP contribution in [0.5, 0.6) is 0 Å². The lowest BCUT2D eigenvalue weighted by atomic mass is 10.0. The molecular weight excluding hydrogens is 344 g/mol. The number of nitrogens with zero attached hydrogens (tertiary/aromatic N) is 2. The van der Waals surface area contributed by atoms with Crippen molar-refractivity contribution in [2.45, 2.75) is 31.8 Å². The number of rotatable bonds is 5. The van der Waals surface area contributed by atoms with Crippen molar-refractivity contribution in [2.24, 2.45) is 4.99 Å². The Morgan fingerprint density at radius 3 is 2.62 bits per heavy atom. The molecule has 0 spiro atoms. The van der Waals surface area contributed by atoms with Crippen molar-refractivity contribution in [3.8, 4) is 0 Å². The number of anilines is 1. The Hall–Kier alpha value is -1.05. The van der Waals surface area contributed by atoms with Crippen molar-refractivity contribution < 1.29 is 13.2 Å². The van der Waals surface area contributed by atoms with E-state index in [4.69, 9.17) is 9.73 Å². The van der Waals surface area contributed by atoms with E-state index in [-0.39, 0.29) is 23.6 Å². The first-order valence-electron chi connectivity index (χ1n) is 8.20. The van der Waals surface area contributed by atoms with Crippen molar-refractivity contribution in [3.05, 3.63) is 29.8 Å². The van der Waals surface area contributed by atoms with Crippen LogP contribution in [0.4, 0.5) is 5.69 Å². The van der Waals surface area contributed by atoms with Crippen LogP contribution in [-0.2, 0) is 14.6 Å². The molecule has 132 valence electrons. The number of hydrogen-bond donors (Lipinski definition) is 0. The lowest BCUT2D eigenvalue weighted by Gasteiger charge is -2.26. The summed E-state index contributed by atoms with van der Waals surface area (Å²) in [4.78, 5) is 6.81. The molecule has 1 aromatic carbocycles. The molecule has 1 fully saturated rings. The standard InChI is InChI=1S/C17H24N2O3S2/c1-12(2)13-4-6-14(7-5-13)19-16-11-24(20,21)10-15(16)18-17(19)23-9-8-22-3/h4-7,12,15-16H,8-11H2,1-3H3. The van der Waals surface area contributed by atoms with Crippen molar-refractivity contribution in [2.75, 3.05) is 35.9 Å². The molecule has 0 radical (unpaired) electrons. The van der Waals surface area contributed by atoms with Crippen LogP contribution in [0.3, 0.4) is 0 Å². The quantitative estimate of drug-likeness (QED) is 0.748. The van der Waals surface area contributed by atoms with Crippen LogP contribution >= 0.6 is 11.8 Å². The largest absolute Gasteiger partial charge is 0.384 e. The predicted octanol–water partition coefficient (Wildman–Crippen LogP) is 2.53. The van der Waals surface area contributed by atoms with Gasteiger partial charge in [-0.05, 0) is 23.6 Å². The molecule has 0 amide bonds. The summed E-state index contributed by atoms with van der Waals surface area (Å²) >= 11 is 1.64. The van der Waals surface area contributed by atoms with Crippen LogP contribution in [0.15, 0.2) is 29.3 Å². The van der Waals surface area contributed by atoms with Gasteiger partial charge < -0.3 is 9.64 Å². The molecule has 2 heterocycles. The number of ether oxygens (including phenoxy) is 1. The fourth-order valence-electron chi connectivity index (χ4n) is 3.17. The Labute approximate surface area is 148 Å². The lowest BCUT2D eigenvalue weighted by Crippen LogP contribution is -2.39. The molecule has 0 aliphatic carbocycles. The number of hydrogen-bond acceptors (Lipinski definition) is 6. The molecule has 2 atom stereocenters. The highest BCUT2D eigenvalue weighted by Crippen LogP contribution is 2.35. The highest BCUT2D eigenvalue weighted by molar-refractivity contribution is 8.14. The Morgan fingerprint density at radius 1 is 1.29 bits per heavy atom. The molecule has 0 bridgehead atoms. The maximum atomic E-state index is 12.0. The van der Waals surface area contributed by atoms with E-state index in [0.717, 1.165) is 16.6 Å². The van der Waals surface area contributed by atoms with E-state index in [1.54, 1.807) is 18.9 Å². The molecule has 0 aromatic heterocycles. The van der Waals surface area contributed by atoms with Crippen LogP contribution in [0.25, 0.3) is 0 Å². The minimum Gasteiger partial charge on any atom is -0.384 e. The van der Waals surface area contributed by atoms with Gasteiger partial charge in [0, 0.05) is 18.6 Å². The number of benzene rings is 1. The third-order valence-electron chi connectivity index (χ3n) is 4.46. The Kier molecular flexibility index (Phi) is 5.22. The van der Waals surface area contributed by atoms with Crippen LogP contribution in [0, 0.1) is 0 Å². The van der Waals surface area contributed by atoms with Gasteiger partial charge in [0.05, 0.1) is 30.2 Å². The van der Waals surface area contributed by atoms with Crippen LogP contribution in [0.1, 0.15) is 25.3 Å². The van der Waals surface area contributed by atoms with Crippen LogP contribution < -0.4 is 4.90 Å². The average molecular weight is 369 g/mol. The van der Waals surface area contributed by atoms with E-state index >= 15 is 0 Å². The van der Waals surface area contributed by atoms with Crippen molar-refractivity contribution in [1.82, 2.24) is 0 Å². The van der Waals surface area contributed by atoms with Gasteiger partial charge in [0.25, 0.3) is 0 Å². The maximum absolute atomic E-state index is 12.0. The van der Waals surface area contributed by atoms with Gasteiger partial charge in [-0.3, -0.25) is 4.99 Å².